The number of aromatic carboxylic acids is 1. The average Bonchev–Trinajstić information content (AvgIpc) is 1.61. The van der Waals surface area contributed by atoms with E-state index in [1.165, 1.54) is 75.7 Å². The number of aliphatic hydroxyl groups is 4. The van der Waals surface area contributed by atoms with Gasteiger partial charge >= 0.3 is 36.7 Å². The van der Waals surface area contributed by atoms with Crippen LogP contribution in [0.3, 0.4) is 0 Å². The molecule has 1 saturated heterocycles. The molecule has 0 amide bonds. The van der Waals surface area contributed by atoms with Gasteiger partial charge in [0.05, 0.1) is 81.4 Å². The number of ketones is 4. The number of Topliss-reactive ketones (excluding diaryl/α,β-unsaturated/α-hetero) is 4. The maximum absolute atomic E-state index is 12.8. The van der Waals surface area contributed by atoms with Gasteiger partial charge in [-0.1, -0.05) is 26.8 Å². The number of aliphatic hydroxyl groups excluding tert-OH is 4. The van der Waals surface area contributed by atoms with Crippen molar-refractivity contribution in [2.45, 2.75) is 104 Å². The Morgan fingerprint density at radius 1 is 0.631 bits per heavy atom. The third kappa shape index (κ3) is 19.4. The number of nitrogens with zero attached hydrogens (tertiary/aromatic N) is 16. The Morgan fingerprint density at radius 2 is 1.11 bits per heavy atom. The zero-order valence-electron chi connectivity index (χ0n) is 59.8. The Hall–Kier alpha value is -8.62. The maximum atomic E-state index is 12.8. The predicted molar refractivity (Wildman–Crippen MR) is 380 cm³/mol. The number of thiazole rings is 3. The van der Waals surface area contributed by atoms with Crippen LogP contribution in [-0.4, -0.2) is 179 Å². The smallest absolute Gasteiger partial charge is 0.543 e. The number of aryl methyl sites for hydroxylation is 8. The molecule has 11 aromatic rings. The summed E-state index contributed by atoms with van der Waals surface area (Å²) in [7, 11) is 7.59. The maximum Gasteiger partial charge on any atom is 1.00 e. The molecule has 103 heavy (non-hydrogen) atoms. The van der Waals surface area contributed by atoms with Gasteiger partial charge in [0.25, 0.3) is 0 Å². The van der Waals surface area contributed by atoms with Gasteiger partial charge in [-0.15, -0.1) is 34.0 Å². The third-order valence-electron chi connectivity index (χ3n) is 16.5. The first-order valence-corrected chi connectivity index (χ1v) is 34.4. The van der Waals surface area contributed by atoms with Crippen molar-refractivity contribution in [1.29, 1.82) is 0 Å². The second-order valence-corrected chi connectivity index (χ2v) is 28.1. The van der Waals surface area contributed by atoms with E-state index in [4.69, 9.17) is 35.5 Å². The molecule has 6 N–H and O–H groups in total. The van der Waals surface area contributed by atoms with Crippen molar-refractivity contribution in [1.82, 2.24) is 78.4 Å². The van der Waals surface area contributed by atoms with Crippen LogP contribution in [0.5, 0.6) is 0 Å². The number of pyridine rings is 1. The van der Waals surface area contributed by atoms with Gasteiger partial charge in [0.2, 0.25) is 23.1 Å². The number of benzene rings is 1. The van der Waals surface area contributed by atoms with Crippen LogP contribution >= 0.6 is 34.0 Å². The molecule has 2 aliphatic heterocycles. The number of halogens is 1. The topological polar surface area (TPSA) is 392 Å². The zero-order chi connectivity index (χ0) is 74.7. The molecule has 1 fully saturated rings. The fraction of sp³-hybridized carbons (Fsp3) is 0.368. The van der Waals surface area contributed by atoms with E-state index in [0.717, 1.165) is 69.1 Å². The van der Waals surface area contributed by atoms with Gasteiger partial charge < -0.3 is 49.9 Å². The van der Waals surface area contributed by atoms with Crippen LogP contribution in [0.4, 0.5) is 4.39 Å². The molecule has 29 nitrogen and oxygen atoms in total. The van der Waals surface area contributed by atoms with Crippen molar-refractivity contribution >= 4 is 75.7 Å². The Balaban J connectivity index is 0.000000173. The quantitative estimate of drug-likeness (QED) is 0.0727. The van der Waals surface area contributed by atoms with Crippen LogP contribution in [0.15, 0.2) is 102 Å². The molecule has 0 radical (unpaired) electrons. The van der Waals surface area contributed by atoms with E-state index in [1.807, 2.05) is 76.0 Å². The molecular weight excluding hydrogens is 1400 g/mol. The number of nitrogens with two attached hydrogens (primary N) is 1. The Bertz CT molecular complexity index is 4720. The van der Waals surface area contributed by atoms with Crippen LogP contribution in [0.1, 0.15) is 130 Å². The molecule has 0 saturated carbocycles. The largest absolute Gasteiger partial charge is 1.00 e. The molecule has 2 aliphatic rings. The number of carboxylic acid groups (broad SMARTS) is 1. The van der Waals surface area contributed by atoms with E-state index in [0.29, 0.717) is 55.5 Å². The number of aromatic nitrogens is 16. The zero-order valence-corrected chi connectivity index (χ0v) is 64.3. The normalized spacial score (nSPS) is 14.0. The molecule has 0 spiro atoms. The van der Waals surface area contributed by atoms with E-state index < -0.39 is 56.5 Å². The predicted octanol–water partition coefficient (Wildman–Crippen LogP) is 2.78. The number of rotatable bonds is 15. The van der Waals surface area contributed by atoms with Crippen molar-refractivity contribution in [3.63, 3.8) is 0 Å². The third-order valence-corrected chi connectivity index (χ3v) is 19.2. The summed E-state index contributed by atoms with van der Waals surface area (Å²) in [6.07, 6.45) is 15.0. The molecule has 13 rings (SSSR count). The number of imidazole rings is 1. The molecule has 538 valence electrons. The first-order chi connectivity index (χ1) is 48.2. The molecule has 0 bridgehead atoms. The first-order valence-electron chi connectivity index (χ1n) is 31.8. The van der Waals surface area contributed by atoms with Gasteiger partial charge in [0, 0.05) is 123 Å². The standard InChI is InChI=1S/C13H14FN3.C13H17N3O2S.C12H19BN2O4.C12H13N3O2.2C9H9N3O2S.Na/c14-10-3-1-9(2-4-10)12-8-17-6-5-11(15)7-13(17)16-12;1-13(2,3)10-7-19-12(15-10)8-5-14-16(4)11(8)9(18)6-17;1-11(2)12(3,4)19-13(18-11)8-6-14-15(5)10(8)9(17)7-16;1-8-4-3-5-13-11(8)9-6-14-15(2)12(9)10(17)7-16;1-5-4-15-8(11-5)6-3-10-12(2)7(6)9(13)14;1-12-8(7(14)5-13)6(4-11-12)9-10-2-3-15-9;/h1-4,8,11H,5-7,15H2;5,7,17H,6H2,1-4H3;6,16H,7H2,1-5H3;3-6,16H,7H2,1-2H3;3-4H,1-2H3,(H,13,14);2-4,13H,5H2,1H3;/q;;;;;;+1/p-1. The van der Waals surface area contributed by atoms with E-state index in [9.17, 15) is 33.5 Å². The fourth-order valence-electron chi connectivity index (χ4n) is 10.4. The van der Waals surface area contributed by atoms with E-state index in [-0.39, 0.29) is 69.9 Å². The van der Waals surface area contributed by atoms with Crippen LogP contribution < -0.4 is 45.9 Å². The van der Waals surface area contributed by atoms with Gasteiger partial charge in [0.1, 0.15) is 75.9 Å². The number of carbonyl (C=O) groups is 5. The summed E-state index contributed by atoms with van der Waals surface area (Å²) in [6, 6.07) is 10.4. The minimum absolute atomic E-state index is 0. The monoisotopic (exact) mass is 1480 g/mol. The Morgan fingerprint density at radius 3 is 1.59 bits per heavy atom. The Kier molecular flexibility index (Phi) is 27.9. The van der Waals surface area contributed by atoms with Gasteiger partial charge in [-0.3, -0.25) is 47.6 Å². The van der Waals surface area contributed by atoms with Crippen LogP contribution in [0.2, 0.25) is 0 Å². The molecule has 10 aromatic heterocycles. The Labute approximate surface area is 627 Å². The minimum Gasteiger partial charge on any atom is -0.543 e. The minimum atomic E-state index is -1.24. The van der Waals surface area contributed by atoms with Crippen molar-refractivity contribution < 1.29 is 92.8 Å². The molecule has 0 aliphatic carbocycles. The molecule has 12 heterocycles. The van der Waals surface area contributed by atoms with Gasteiger partial charge in [-0.2, -0.15) is 25.5 Å². The van der Waals surface area contributed by atoms with E-state index >= 15 is 0 Å². The van der Waals surface area contributed by atoms with E-state index in [2.05, 4.69) is 75.8 Å². The second kappa shape index (κ2) is 35.2. The van der Waals surface area contributed by atoms with Crippen molar-refractivity contribution in [3.05, 3.63) is 159 Å². The molecule has 1 aromatic carbocycles. The van der Waals surface area contributed by atoms with Crippen molar-refractivity contribution in [3.8, 4) is 54.2 Å². The summed E-state index contributed by atoms with van der Waals surface area (Å²) in [5, 5.41) is 74.7. The fourth-order valence-corrected chi connectivity index (χ4v) is 12.9. The summed E-state index contributed by atoms with van der Waals surface area (Å²) < 4.78 is 33.9. The number of hydrogen-bond donors (Lipinski definition) is 5. The van der Waals surface area contributed by atoms with Gasteiger partial charge in [-0.25, -0.2) is 24.3 Å². The number of hydrogen-bond acceptors (Lipinski definition) is 26. The molecular formula is C68H80BFN17NaO12S3. The number of fused-ring (bicyclic) bond motifs is 1. The van der Waals surface area contributed by atoms with Crippen molar-refractivity contribution in [2.75, 3.05) is 26.4 Å². The summed E-state index contributed by atoms with van der Waals surface area (Å²) in [6.45, 7) is 16.6. The van der Waals surface area contributed by atoms with E-state index in [1.54, 1.807) is 84.6 Å². The SMILES string of the molecule is Cc1cccnc1-c1cnn(C)c1C(=O)CO.Cc1csc(-c2cnn(C)c2C(=O)[O-])n1.Cn1ncc(-c2nc(C(C)(C)C)cs2)c1C(=O)CO.Cn1ncc(-c2nccs2)c1C(=O)CO.Cn1ncc(B2OC(C)(C)C(C)(C)O2)c1C(=O)CO.NC1CCn2cc(-c3ccc(F)cc3)nc2C1.[Na+]. The van der Waals surface area contributed by atoms with Gasteiger partial charge in [-0.05, 0) is 83.9 Å². The average molecular weight is 1480 g/mol. The second-order valence-electron chi connectivity index (χ2n) is 25.5. The summed E-state index contributed by atoms with van der Waals surface area (Å²) >= 11 is 4.31. The van der Waals surface area contributed by atoms with Crippen LogP contribution in [-0.2, 0) is 62.9 Å². The molecule has 1 atom stereocenters. The summed E-state index contributed by atoms with van der Waals surface area (Å²) in [4.78, 5) is 79.3. The molecule has 35 heteroatoms. The summed E-state index contributed by atoms with van der Waals surface area (Å²) in [5.74, 6) is -1.88. The number of carboxylic acids is 1. The number of carbonyl (C=O) groups excluding carboxylic acids is 5. The van der Waals surface area contributed by atoms with Crippen LogP contribution in [0, 0.1) is 19.7 Å². The van der Waals surface area contributed by atoms with Crippen LogP contribution in [0.25, 0.3) is 54.2 Å². The first kappa shape index (κ1) is 81.7. The van der Waals surface area contributed by atoms with Gasteiger partial charge in [0.15, 0.2) is 0 Å². The summed E-state index contributed by atoms with van der Waals surface area (Å²) in [5.41, 5.74) is 14.9. The van der Waals surface area contributed by atoms with Crippen molar-refractivity contribution in [2.24, 2.45) is 41.0 Å². The molecule has 1 unspecified atom stereocenters.